The lowest BCUT2D eigenvalue weighted by atomic mass is 9.97. The molecule has 0 radical (unpaired) electrons. The van der Waals surface area contributed by atoms with E-state index in [0.717, 1.165) is 80.9 Å². The van der Waals surface area contributed by atoms with Gasteiger partial charge in [-0.3, -0.25) is 9.69 Å². The number of nitrogens with one attached hydrogen (secondary N) is 1. The summed E-state index contributed by atoms with van der Waals surface area (Å²) in [5.74, 6) is 0.199. The van der Waals surface area contributed by atoms with Crippen LogP contribution in [0, 0.1) is 0 Å². The minimum atomic E-state index is 0.199. The predicted octanol–water partition coefficient (Wildman–Crippen LogP) is 2.99. The molecule has 2 aromatic rings. The lowest BCUT2D eigenvalue weighted by Crippen LogP contribution is -2.43. The molecule has 4 nitrogen and oxygen atoms in total. The molecule has 2 heterocycles. The zero-order valence-electron chi connectivity index (χ0n) is 15.3. The fraction of sp³-hybridized carbons (Fsp3) is 0.409. The number of carbonyl (C=O) groups is 1. The average Bonchev–Trinajstić information content (AvgIpc) is 3.24. The van der Waals surface area contributed by atoms with Gasteiger partial charge in [-0.1, -0.05) is 42.5 Å². The molecule has 2 aliphatic rings. The minimum absolute atomic E-state index is 0.199. The average molecular weight is 349 g/mol. The number of likely N-dealkylation sites (tertiary alicyclic amines) is 1. The molecular weight excluding hydrogens is 322 g/mol. The van der Waals surface area contributed by atoms with Gasteiger partial charge in [0.2, 0.25) is 0 Å². The van der Waals surface area contributed by atoms with Crippen molar-refractivity contribution in [2.24, 2.45) is 0 Å². The molecule has 2 aliphatic heterocycles. The van der Waals surface area contributed by atoms with Gasteiger partial charge < -0.3 is 10.2 Å². The molecule has 0 aliphatic carbocycles. The number of piperazine rings is 1. The number of nitrogens with zero attached hydrogens (tertiary/aromatic N) is 2. The Kier molecular flexibility index (Phi) is 5.32. The van der Waals surface area contributed by atoms with E-state index in [9.17, 15) is 4.79 Å². The molecule has 4 heteroatoms. The van der Waals surface area contributed by atoms with E-state index >= 15 is 0 Å². The van der Waals surface area contributed by atoms with Gasteiger partial charge in [-0.25, -0.2) is 0 Å². The highest BCUT2D eigenvalue weighted by atomic mass is 16.2. The molecule has 26 heavy (non-hydrogen) atoms. The van der Waals surface area contributed by atoms with E-state index in [0.29, 0.717) is 0 Å². The van der Waals surface area contributed by atoms with Crippen LogP contribution in [0.1, 0.15) is 28.8 Å². The topological polar surface area (TPSA) is 35.6 Å². The number of hydrogen-bond acceptors (Lipinski definition) is 3. The first-order valence-corrected chi connectivity index (χ1v) is 9.72. The Morgan fingerprint density at radius 2 is 1.62 bits per heavy atom. The Labute approximate surface area is 155 Å². The van der Waals surface area contributed by atoms with Gasteiger partial charge in [0.15, 0.2) is 0 Å². The number of rotatable bonds is 4. The van der Waals surface area contributed by atoms with Gasteiger partial charge in [0.05, 0.1) is 0 Å². The first-order valence-electron chi connectivity index (χ1n) is 9.72. The van der Waals surface area contributed by atoms with Crippen molar-refractivity contribution in [1.29, 1.82) is 0 Å². The largest absolute Gasteiger partial charge is 0.339 e. The molecule has 0 unspecified atom stereocenters. The molecule has 2 fully saturated rings. The fourth-order valence-corrected chi connectivity index (χ4v) is 3.92. The maximum atomic E-state index is 13.2. The van der Waals surface area contributed by atoms with Crippen LogP contribution in [0.3, 0.4) is 0 Å². The zero-order chi connectivity index (χ0) is 17.8. The van der Waals surface area contributed by atoms with Crippen molar-refractivity contribution in [3.63, 3.8) is 0 Å². The van der Waals surface area contributed by atoms with Crippen LogP contribution in [0.2, 0.25) is 0 Å². The first kappa shape index (κ1) is 17.3. The molecule has 1 N–H and O–H groups in total. The van der Waals surface area contributed by atoms with Crippen molar-refractivity contribution >= 4 is 5.91 Å². The lowest BCUT2D eigenvalue weighted by Gasteiger charge is -2.28. The first-order chi connectivity index (χ1) is 12.8. The van der Waals surface area contributed by atoms with E-state index in [1.165, 1.54) is 0 Å². The Bertz CT molecular complexity index is 747. The van der Waals surface area contributed by atoms with Gasteiger partial charge in [-0.15, -0.1) is 0 Å². The zero-order valence-corrected chi connectivity index (χ0v) is 15.3. The summed E-state index contributed by atoms with van der Waals surface area (Å²) in [5.41, 5.74) is 4.32. The highest BCUT2D eigenvalue weighted by molar-refractivity contribution is 5.97. The summed E-state index contributed by atoms with van der Waals surface area (Å²) in [6.45, 7) is 6.76. The van der Waals surface area contributed by atoms with Crippen LogP contribution in [-0.2, 0) is 6.54 Å². The number of amides is 1. The van der Waals surface area contributed by atoms with Crippen LogP contribution < -0.4 is 5.32 Å². The van der Waals surface area contributed by atoms with E-state index in [4.69, 9.17) is 0 Å². The highest BCUT2D eigenvalue weighted by Crippen LogP contribution is 2.25. The van der Waals surface area contributed by atoms with Crippen LogP contribution in [0.15, 0.2) is 48.5 Å². The maximum absolute atomic E-state index is 13.2. The molecule has 0 aromatic heterocycles. The smallest absolute Gasteiger partial charge is 0.254 e. The lowest BCUT2D eigenvalue weighted by molar-refractivity contribution is 0.0790. The van der Waals surface area contributed by atoms with Crippen LogP contribution in [0.25, 0.3) is 11.1 Å². The summed E-state index contributed by atoms with van der Waals surface area (Å²) in [6.07, 6.45) is 2.24. The summed E-state index contributed by atoms with van der Waals surface area (Å²) in [4.78, 5) is 17.6. The Morgan fingerprint density at radius 3 is 2.35 bits per heavy atom. The maximum Gasteiger partial charge on any atom is 0.254 e. The molecule has 2 aromatic carbocycles. The van der Waals surface area contributed by atoms with Gasteiger partial charge >= 0.3 is 0 Å². The molecule has 0 saturated carbocycles. The second-order valence-electron chi connectivity index (χ2n) is 7.26. The Balaban J connectivity index is 1.66. The van der Waals surface area contributed by atoms with Gasteiger partial charge in [0.25, 0.3) is 5.91 Å². The van der Waals surface area contributed by atoms with Crippen LogP contribution in [-0.4, -0.2) is 55.0 Å². The van der Waals surface area contributed by atoms with Crippen molar-refractivity contribution in [3.8, 4) is 11.1 Å². The third-order valence-corrected chi connectivity index (χ3v) is 5.44. The molecule has 0 atom stereocenters. The van der Waals surface area contributed by atoms with Crippen molar-refractivity contribution in [2.45, 2.75) is 19.4 Å². The van der Waals surface area contributed by atoms with E-state index in [-0.39, 0.29) is 5.91 Å². The Morgan fingerprint density at radius 1 is 0.885 bits per heavy atom. The van der Waals surface area contributed by atoms with E-state index in [1.54, 1.807) is 0 Å². The monoisotopic (exact) mass is 349 g/mol. The summed E-state index contributed by atoms with van der Waals surface area (Å²) in [6, 6.07) is 16.8. The van der Waals surface area contributed by atoms with Crippen molar-refractivity contribution in [1.82, 2.24) is 15.1 Å². The van der Waals surface area contributed by atoms with E-state index in [2.05, 4.69) is 40.5 Å². The molecule has 4 rings (SSSR count). The summed E-state index contributed by atoms with van der Waals surface area (Å²) in [5, 5.41) is 3.40. The fourth-order valence-electron chi connectivity index (χ4n) is 3.92. The summed E-state index contributed by atoms with van der Waals surface area (Å²) >= 11 is 0. The van der Waals surface area contributed by atoms with Crippen LogP contribution >= 0.6 is 0 Å². The highest BCUT2D eigenvalue weighted by Gasteiger charge is 2.23. The molecule has 0 bridgehead atoms. The summed E-state index contributed by atoms with van der Waals surface area (Å²) in [7, 11) is 0. The normalized spacial score (nSPS) is 18.2. The SMILES string of the molecule is O=C(c1cc(-c2ccccc2)ccc1CN1CCNCC1)N1CCCC1. The summed E-state index contributed by atoms with van der Waals surface area (Å²) < 4.78 is 0. The number of benzene rings is 2. The number of hydrogen-bond donors (Lipinski definition) is 1. The Hall–Kier alpha value is -2.17. The standard InChI is InChI=1S/C22H27N3O/c26-22(25-12-4-5-13-25)21-16-19(18-6-2-1-3-7-18)8-9-20(21)17-24-14-10-23-11-15-24/h1-3,6-9,16,23H,4-5,10-15,17H2. The predicted molar refractivity (Wildman–Crippen MR) is 105 cm³/mol. The van der Waals surface area contributed by atoms with Gasteiger partial charge in [0.1, 0.15) is 0 Å². The molecule has 2 saturated heterocycles. The van der Waals surface area contributed by atoms with Gasteiger partial charge in [-0.2, -0.15) is 0 Å². The van der Waals surface area contributed by atoms with Crippen molar-refractivity contribution < 1.29 is 4.79 Å². The van der Waals surface area contributed by atoms with E-state index in [1.807, 2.05) is 23.1 Å². The van der Waals surface area contributed by atoms with Crippen LogP contribution in [0.5, 0.6) is 0 Å². The third-order valence-electron chi connectivity index (χ3n) is 5.44. The molecule has 1 amide bonds. The van der Waals surface area contributed by atoms with E-state index < -0.39 is 0 Å². The minimum Gasteiger partial charge on any atom is -0.339 e. The second-order valence-corrected chi connectivity index (χ2v) is 7.26. The van der Waals surface area contributed by atoms with Crippen LogP contribution in [0.4, 0.5) is 0 Å². The molecular formula is C22H27N3O. The number of carbonyl (C=O) groups excluding carboxylic acids is 1. The molecule has 0 spiro atoms. The third kappa shape index (κ3) is 3.81. The second kappa shape index (κ2) is 8.02. The van der Waals surface area contributed by atoms with Gasteiger partial charge in [0, 0.05) is 51.4 Å². The van der Waals surface area contributed by atoms with Crippen molar-refractivity contribution in [3.05, 3.63) is 59.7 Å². The molecule has 136 valence electrons. The van der Waals surface area contributed by atoms with Crippen molar-refractivity contribution in [2.75, 3.05) is 39.3 Å². The van der Waals surface area contributed by atoms with Gasteiger partial charge in [-0.05, 0) is 35.6 Å². The quantitative estimate of drug-likeness (QED) is 0.922.